The number of piperidine rings is 3. The molecule has 3 fully saturated rings. The fraction of sp³-hybridized carbons (Fsp3) is 0.457. The fourth-order valence-electron chi connectivity index (χ4n) is 15.4. The van der Waals surface area contributed by atoms with E-state index in [0.717, 1.165) is 154 Å². The van der Waals surface area contributed by atoms with Gasteiger partial charge in [-0.15, -0.1) is 0 Å². The van der Waals surface area contributed by atoms with Crippen LogP contribution in [0.15, 0.2) is 140 Å². The summed E-state index contributed by atoms with van der Waals surface area (Å²) in [5, 5.41) is 38.8. The molecule has 23 nitrogen and oxygen atoms in total. The number of nitrogen functional groups attached to an aromatic ring is 1. The molecular formula is C92H121F3N12O11S3. The molecule has 3 aliphatic rings. The fourth-order valence-corrected chi connectivity index (χ4v) is 16.3. The number of aromatic nitrogens is 6. The first-order chi connectivity index (χ1) is 57.8. The number of aryl methyl sites for hydroxylation is 3. The largest absolute Gasteiger partial charge is 0.508 e. The number of carbonyl (C=O) groups is 3. The number of nitrogens with two attached hydrogens (primary N) is 1. The number of hydrogen-bond donors (Lipinski definition) is 7. The van der Waals surface area contributed by atoms with Crippen LogP contribution >= 0.6 is 36.7 Å². The number of halogens is 3. The summed E-state index contributed by atoms with van der Waals surface area (Å²) in [6.45, 7) is 32.9. The molecule has 0 aliphatic carbocycles. The molecule has 3 saturated heterocycles. The molecular weight excluding hydrogens is 1600 g/mol. The first kappa shape index (κ1) is 96.9. The minimum absolute atomic E-state index is 0.00802. The van der Waals surface area contributed by atoms with Gasteiger partial charge >= 0.3 is 6.18 Å². The molecule has 0 unspecified atom stereocenters. The van der Waals surface area contributed by atoms with Crippen LogP contribution in [-0.4, -0.2) is 171 Å². The Bertz CT molecular complexity index is 4900. The molecule has 8 N–H and O–H groups in total. The summed E-state index contributed by atoms with van der Waals surface area (Å²) >= 11 is 16.9. The van der Waals surface area contributed by atoms with E-state index in [4.69, 9.17) is 75.7 Å². The van der Waals surface area contributed by atoms with Crippen molar-refractivity contribution in [1.29, 1.82) is 0 Å². The van der Waals surface area contributed by atoms with Gasteiger partial charge in [0, 0.05) is 96.7 Å². The predicted molar refractivity (Wildman–Crippen MR) is 478 cm³/mol. The van der Waals surface area contributed by atoms with E-state index in [2.05, 4.69) is 196 Å². The molecule has 9 aromatic rings. The van der Waals surface area contributed by atoms with Gasteiger partial charge in [-0.25, -0.2) is 5.84 Å². The Morgan fingerprint density at radius 3 is 1.24 bits per heavy atom. The van der Waals surface area contributed by atoms with Crippen LogP contribution in [0.2, 0.25) is 0 Å². The summed E-state index contributed by atoms with van der Waals surface area (Å²) in [7, 11) is 4.73. The van der Waals surface area contributed by atoms with Gasteiger partial charge in [0.05, 0.1) is 22.3 Å². The normalized spacial score (nSPS) is 14.4. The number of aromatic hydroxyl groups is 2. The Hall–Kier alpha value is -9.53. The van der Waals surface area contributed by atoms with Crippen molar-refractivity contribution in [2.75, 3.05) is 87.5 Å². The molecule has 5 heterocycles. The lowest BCUT2D eigenvalue weighted by Crippen LogP contribution is -2.35. The van der Waals surface area contributed by atoms with E-state index in [1.54, 1.807) is 14.2 Å². The van der Waals surface area contributed by atoms with Gasteiger partial charge in [0.1, 0.15) is 28.7 Å². The number of H-pyrrole nitrogens is 2. The maximum absolute atomic E-state index is 13.0. The molecule has 2 aromatic heterocycles. The second kappa shape index (κ2) is 47.8. The second-order valence-corrected chi connectivity index (χ2v) is 33.4. The number of ether oxygens (including phenoxy) is 6. The number of phenols is 2. The lowest BCUT2D eigenvalue weighted by Gasteiger charge is -2.33. The molecule has 121 heavy (non-hydrogen) atoms. The molecule has 12 rings (SSSR count). The molecule has 3 aliphatic heterocycles. The van der Waals surface area contributed by atoms with E-state index in [1.165, 1.54) is 41.0 Å². The molecule has 7 aromatic carbocycles. The Morgan fingerprint density at radius 1 is 0.521 bits per heavy atom. The van der Waals surface area contributed by atoms with Gasteiger partial charge in [-0.05, 0) is 231 Å². The van der Waals surface area contributed by atoms with Gasteiger partial charge in [-0.3, -0.25) is 53.8 Å². The third-order valence-corrected chi connectivity index (χ3v) is 22.5. The highest BCUT2D eigenvalue weighted by Crippen LogP contribution is 2.41. The highest BCUT2D eigenvalue weighted by atomic mass is 32.1. The maximum Gasteiger partial charge on any atom is 0.446 e. The Morgan fingerprint density at radius 2 is 0.868 bits per heavy atom. The number of hydrogen-bond acceptors (Lipinski definition) is 20. The van der Waals surface area contributed by atoms with E-state index in [-0.39, 0.29) is 55.7 Å². The van der Waals surface area contributed by atoms with Crippen molar-refractivity contribution in [2.45, 2.75) is 183 Å². The molecule has 654 valence electrons. The van der Waals surface area contributed by atoms with E-state index in [0.29, 0.717) is 79.8 Å². The maximum atomic E-state index is 13.0. The van der Waals surface area contributed by atoms with Crippen molar-refractivity contribution in [3.63, 3.8) is 0 Å². The summed E-state index contributed by atoms with van der Waals surface area (Å²) < 4.78 is 68.8. The number of aromatic amines is 2. The third-order valence-electron chi connectivity index (χ3n) is 21.6. The van der Waals surface area contributed by atoms with Crippen LogP contribution in [0.5, 0.6) is 28.7 Å². The van der Waals surface area contributed by atoms with Crippen molar-refractivity contribution >= 4 is 59.6 Å². The lowest BCUT2D eigenvalue weighted by atomic mass is 9.91. The zero-order chi connectivity index (χ0) is 88.0. The van der Waals surface area contributed by atoms with Gasteiger partial charge < -0.3 is 44.0 Å². The van der Waals surface area contributed by atoms with Crippen molar-refractivity contribution in [2.24, 2.45) is 11.8 Å². The van der Waals surface area contributed by atoms with Gasteiger partial charge in [0.2, 0.25) is 6.29 Å². The summed E-state index contributed by atoms with van der Waals surface area (Å²) in [4.78, 5) is 41.9. The lowest BCUT2D eigenvalue weighted by molar-refractivity contribution is -0.156. The van der Waals surface area contributed by atoms with Crippen molar-refractivity contribution < 1.29 is 66.2 Å². The van der Waals surface area contributed by atoms with E-state index >= 15 is 0 Å². The monoisotopic (exact) mass is 1720 g/mol. The van der Waals surface area contributed by atoms with Gasteiger partial charge in [0.15, 0.2) is 41.6 Å². The molecule has 0 radical (unpaired) electrons. The minimum Gasteiger partial charge on any atom is -0.508 e. The number of phenolic OH excluding ortho intramolecular Hbond substituents is 2. The number of carbonyl (C=O) groups excluding carboxylic acids is 3. The van der Waals surface area contributed by atoms with E-state index in [9.17, 15) is 33.0 Å². The van der Waals surface area contributed by atoms with Gasteiger partial charge in [-0.2, -0.15) is 23.4 Å². The Labute approximate surface area is 725 Å². The first-order valence-corrected chi connectivity index (χ1v) is 42.4. The molecule has 0 atom stereocenters. The number of benzene rings is 7. The number of rotatable bonds is 29. The Balaban J connectivity index is 0.000000200. The molecule has 29 heteroatoms. The molecule has 0 spiro atoms. The van der Waals surface area contributed by atoms with Crippen LogP contribution in [0.25, 0.3) is 22.8 Å². The highest BCUT2D eigenvalue weighted by molar-refractivity contribution is 7.80. The van der Waals surface area contributed by atoms with Gasteiger partial charge in [-0.1, -0.05) is 159 Å². The topological polar surface area (TPSA) is 274 Å². The third kappa shape index (κ3) is 28.8. The van der Waals surface area contributed by atoms with Crippen molar-refractivity contribution in [3.8, 4) is 51.5 Å². The zero-order valence-corrected chi connectivity index (χ0v) is 74.6. The SMILES string of the molecule is CC(C)c1cc(-c2n[nH]c(=S)n2C2CCN(Cc3ccccc3)CC2)c(O)cc1O.COCOc1cc(C)c(C(C)C)cc1-c1n[nH]c(=S)n1C1CCN(Cc2ccccc2)CC1.COCOc1cc(C)c(C(C)C)cc1C(=O)NCC(=S)CC1CCN(Cc2ccccc2)CC1.COCOc1cc(C)c(C(C)C)cc1C(=O)NN.O=CC(F)(F)F. The summed E-state index contributed by atoms with van der Waals surface area (Å²) in [6, 6.07) is 47.4. The standard InChI is InChI=1S/C28H38N2O3S.C26H34N4O2S.C23H28N4O2S.C13H20N2O3.C2HF3O/c1-20(2)25-16-26(27(14-21(25)3)33-19-32-4)28(31)29-17-24(34)15-22-10-12-30(13-11-22)18-23-8-6-5-7-9-23;1-18(2)22-15-23(24(14-19(22)3)32-17-31-4)25-27-28-26(33)30(25)21-10-12-29(13-11-21)16-20-8-6-5-7-9-20;1-15(2)18-12-19(21(29)13-20(18)28)22-24-25-23(30)27(22)17-8-10-26(11-9-17)14-16-6-4-3-5-7-16;1-8(2)10-6-11(13(16)15-14)12(5-9(10)3)18-7-17-4;3-2(4,5)1-6/h5-9,14,16,20,22H,10-13,15,17-19H2,1-4H3,(H,29,31);5-9,14-15,18,21H,10-13,16-17H2,1-4H3,(H,28,33);3-7,12-13,15,17,28-29H,8-11,14H2,1-2H3,(H,25,30);5-6,8H,7,14H2,1-4H3,(H,15,16);1H. The highest BCUT2D eigenvalue weighted by Gasteiger charge is 2.31. The number of aldehydes is 1. The Kier molecular flexibility index (Phi) is 38.3. The van der Waals surface area contributed by atoms with Crippen LogP contribution in [-0.2, 0) is 38.6 Å². The number of alkyl halides is 3. The quantitative estimate of drug-likeness (QED) is 0.00573. The minimum atomic E-state index is -4.64. The van der Waals surface area contributed by atoms with Crippen LogP contribution in [0, 0.1) is 36.2 Å². The van der Waals surface area contributed by atoms with Crippen LogP contribution in [0.4, 0.5) is 13.2 Å². The average Bonchev–Trinajstić information content (AvgIpc) is 1.66. The van der Waals surface area contributed by atoms with E-state index in [1.807, 2.05) is 68.7 Å². The van der Waals surface area contributed by atoms with Crippen LogP contribution in [0.3, 0.4) is 0 Å². The zero-order valence-electron chi connectivity index (χ0n) is 72.2. The second-order valence-electron chi connectivity index (χ2n) is 32.0. The number of methoxy groups -OCH3 is 3. The number of nitrogens with zero attached hydrogens (tertiary/aromatic N) is 7. The number of nitrogens with one attached hydrogen (secondary N) is 4. The van der Waals surface area contributed by atoms with Crippen molar-refractivity contribution in [3.05, 3.63) is 216 Å². The molecule has 0 bridgehead atoms. The first-order valence-electron chi connectivity index (χ1n) is 41.2. The summed E-state index contributed by atoms with van der Waals surface area (Å²) in [5.41, 5.74) is 16.4. The summed E-state index contributed by atoms with van der Waals surface area (Å²) in [5.74, 6) is 9.76. The molecule has 2 amide bonds. The number of likely N-dealkylation sites (tertiary alicyclic amines) is 3. The average molecular weight is 1720 g/mol. The molecule has 0 saturated carbocycles. The number of amides is 2. The van der Waals surface area contributed by atoms with Crippen molar-refractivity contribution in [1.82, 2.24) is 55.0 Å². The van der Waals surface area contributed by atoms with Crippen LogP contribution in [0.1, 0.15) is 212 Å². The van der Waals surface area contributed by atoms with Crippen LogP contribution < -0.4 is 30.8 Å². The predicted octanol–water partition coefficient (Wildman–Crippen LogP) is 18.8. The summed E-state index contributed by atoms with van der Waals surface area (Å²) in [6.07, 6.45) is 1.46. The van der Waals surface area contributed by atoms with Gasteiger partial charge in [0.25, 0.3) is 11.8 Å². The smallest absolute Gasteiger partial charge is 0.446 e. The number of thiocarbonyl (C=S) groups is 1. The number of hydrazine groups is 1. The van der Waals surface area contributed by atoms with E-state index < -0.39 is 12.5 Å².